The molecule has 0 aliphatic rings. The topological polar surface area (TPSA) is 78.9 Å². The van der Waals surface area contributed by atoms with Crippen LogP contribution in [-0.2, 0) is 28.6 Å². The monoisotopic (exact) mass is 975 g/mol. The second kappa shape index (κ2) is 58.2. The van der Waals surface area contributed by atoms with Crippen molar-refractivity contribution >= 4 is 17.9 Å². The molecule has 6 heteroatoms. The molecule has 0 spiro atoms. The zero-order valence-electron chi connectivity index (χ0n) is 46.0. The number of rotatable bonds is 53. The van der Waals surface area contributed by atoms with Crippen LogP contribution in [0.2, 0.25) is 0 Å². The number of hydrogen-bond acceptors (Lipinski definition) is 6. The Hall–Kier alpha value is -3.41. The lowest BCUT2D eigenvalue weighted by molar-refractivity contribution is -0.167. The summed E-state index contributed by atoms with van der Waals surface area (Å²) in [6, 6.07) is 0. The Labute approximate surface area is 433 Å². The minimum atomic E-state index is -0.794. The van der Waals surface area contributed by atoms with Gasteiger partial charge in [0.15, 0.2) is 6.10 Å². The van der Waals surface area contributed by atoms with Crippen LogP contribution >= 0.6 is 0 Å². The van der Waals surface area contributed by atoms with Gasteiger partial charge in [0, 0.05) is 19.3 Å². The molecule has 1 unspecified atom stereocenters. The van der Waals surface area contributed by atoms with E-state index < -0.39 is 6.10 Å². The van der Waals surface area contributed by atoms with Crippen molar-refractivity contribution < 1.29 is 28.6 Å². The van der Waals surface area contributed by atoms with Crippen molar-refractivity contribution in [1.29, 1.82) is 0 Å². The van der Waals surface area contributed by atoms with Gasteiger partial charge in [-0.15, -0.1) is 0 Å². The van der Waals surface area contributed by atoms with Gasteiger partial charge in [-0.25, -0.2) is 0 Å². The SMILES string of the molecule is CC/C=C\C/C=C\C/C=C\CCCCCCCC(=O)OCC(COC(=O)CCCCCCCCCCC/C=C\C/C=C\CCCCCCC)OC(=O)CCCCCCC/C=C\C/C=C\CCCCCC. The maximum atomic E-state index is 12.9. The van der Waals surface area contributed by atoms with Crippen molar-refractivity contribution in [3.63, 3.8) is 0 Å². The van der Waals surface area contributed by atoms with Crippen LogP contribution in [-0.4, -0.2) is 37.2 Å². The van der Waals surface area contributed by atoms with E-state index >= 15 is 0 Å². The summed E-state index contributed by atoms with van der Waals surface area (Å²) >= 11 is 0. The Bertz CT molecular complexity index is 1350. The lowest BCUT2D eigenvalue weighted by Gasteiger charge is -2.18. The molecule has 0 rings (SSSR count). The largest absolute Gasteiger partial charge is 0.462 e. The fourth-order valence-corrected chi connectivity index (χ4v) is 8.16. The third-order valence-electron chi connectivity index (χ3n) is 12.6. The minimum Gasteiger partial charge on any atom is -0.462 e. The number of allylic oxidation sites excluding steroid dienone is 14. The minimum absolute atomic E-state index is 0.0900. The standard InChI is InChI=1S/C64H110O6/c1-4-7-10-13-16-19-22-25-28-30-31-32-33-34-37-39-42-45-48-51-54-57-63(66)69-60-61(59-68-62(65)56-53-50-47-44-41-38-35-27-24-21-18-15-12-9-6-3)70-64(67)58-55-52-49-46-43-40-36-29-26-23-20-17-14-11-8-5-2/h9,12,18,20-23,25,27,29-31,35-36,61H,4-8,10-11,13-17,19,24,26,28,32-34,37-60H2,1-3H3/b12-9-,21-18-,23-20-,25-22-,31-30-,35-27-,36-29-. The highest BCUT2D eigenvalue weighted by Crippen LogP contribution is 2.15. The molecule has 0 aliphatic heterocycles. The molecule has 0 N–H and O–H groups in total. The number of carbonyl (C=O) groups is 3. The first-order valence-electron chi connectivity index (χ1n) is 29.6. The second-order valence-corrected chi connectivity index (χ2v) is 19.5. The summed E-state index contributed by atoms with van der Waals surface area (Å²) in [5, 5.41) is 0. The van der Waals surface area contributed by atoms with Crippen LogP contribution in [0, 0.1) is 0 Å². The molecule has 402 valence electrons. The van der Waals surface area contributed by atoms with E-state index in [1.165, 1.54) is 116 Å². The fourth-order valence-electron chi connectivity index (χ4n) is 8.16. The Balaban J connectivity index is 4.40. The van der Waals surface area contributed by atoms with Crippen LogP contribution in [0.1, 0.15) is 284 Å². The fraction of sp³-hybridized carbons (Fsp3) is 0.734. The van der Waals surface area contributed by atoms with Crippen LogP contribution in [0.4, 0.5) is 0 Å². The van der Waals surface area contributed by atoms with E-state index in [0.717, 1.165) is 128 Å². The molecule has 0 heterocycles. The smallest absolute Gasteiger partial charge is 0.306 e. The van der Waals surface area contributed by atoms with Crippen molar-refractivity contribution in [3.05, 3.63) is 85.1 Å². The van der Waals surface area contributed by atoms with Gasteiger partial charge in [0.05, 0.1) is 0 Å². The number of hydrogen-bond donors (Lipinski definition) is 0. The van der Waals surface area contributed by atoms with E-state index in [9.17, 15) is 14.4 Å². The molecular weight excluding hydrogens is 865 g/mol. The molecule has 0 aromatic carbocycles. The number of ether oxygens (including phenoxy) is 3. The third kappa shape index (κ3) is 55.5. The second-order valence-electron chi connectivity index (χ2n) is 19.5. The maximum absolute atomic E-state index is 12.9. The molecule has 0 saturated carbocycles. The van der Waals surface area contributed by atoms with Gasteiger partial charge in [0.1, 0.15) is 13.2 Å². The molecule has 0 radical (unpaired) electrons. The summed E-state index contributed by atoms with van der Waals surface area (Å²) < 4.78 is 16.9. The van der Waals surface area contributed by atoms with Crippen molar-refractivity contribution in [2.45, 2.75) is 290 Å². The van der Waals surface area contributed by atoms with Gasteiger partial charge < -0.3 is 14.2 Å². The van der Waals surface area contributed by atoms with Crippen LogP contribution < -0.4 is 0 Å². The molecule has 1 atom stereocenters. The highest BCUT2D eigenvalue weighted by Gasteiger charge is 2.19. The first-order valence-corrected chi connectivity index (χ1v) is 29.6. The van der Waals surface area contributed by atoms with Crippen LogP contribution in [0.15, 0.2) is 85.1 Å². The van der Waals surface area contributed by atoms with E-state index in [0.29, 0.717) is 19.3 Å². The van der Waals surface area contributed by atoms with E-state index in [1.807, 2.05) is 0 Å². The molecule has 0 fully saturated rings. The summed E-state index contributed by atoms with van der Waals surface area (Å²) in [6.45, 7) is 6.49. The van der Waals surface area contributed by atoms with Gasteiger partial charge in [-0.1, -0.05) is 234 Å². The van der Waals surface area contributed by atoms with Gasteiger partial charge in [-0.3, -0.25) is 14.4 Å². The van der Waals surface area contributed by atoms with E-state index in [4.69, 9.17) is 14.2 Å². The Morgan fingerprint density at radius 3 is 0.886 bits per heavy atom. The zero-order valence-corrected chi connectivity index (χ0v) is 46.0. The highest BCUT2D eigenvalue weighted by molar-refractivity contribution is 5.71. The predicted molar refractivity (Wildman–Crippen MR) is 302 cm³/mol. The van der Waals surface area contributed by atoms with Gasteiger partial charge in [0.2, 0.25) is 0 Å². The van der Waals surface area contributed by atoms with Crippen molar-refractivity contribution in [3.8, 4) is 0 Å². The van der Waals surface area contributed by atoms with E-state index in [1.54, 1.807) is 0 Å². The predicted octanol–water partition coefficient (Wildman–Crippen LogP) is 19.9. The van der Waals surface area contributed by atoms with Crippen molar-refractivity contribution in [2.24, 2.45) is 0 Å². The van der Waals surface area contributed by atoms with Crippen LogP contribution in [0.3, 0.4) is 0 Å². The average Bonchev–Trinajstić information content (AvgIpc) is 3.36. The Morgan fingerprint density at radius 2 is 0.557 bits per heavy atom. The molecule has 0 aromatic rings. The number of unbranched alkanes of at least 4 members (excludes halogenated alkanes) is 28. The zero-order chi connectivity index (χ0) is 50.7. The molecular formula is C64H110O6. The summed E-state index contributed by atoms with van der Waals surface area (Å²) in [7, 11) is 0. The molecule has 0 bridgehead atoms. The normalized spacial score (nSPS) is 12.7. The summed E-state index contributed by atoms with van der Waals surface area (Å²) in [6.07, 6.45) is 75.7. The molecule has 70 heavy (non-hydrogen) atoms. The number of esters is 3. The lowest BCUT2D eigenvalue weighted by atomic mass is 10.1. The van der Waals surface area contributed by atoms with Gasteiger partial charge >= 0.3 is 17.9 Å². The lowest BCUT2D eigenvalue weighted by Crippen LogP contribution is -2.30. The maximum Gasteiger partial charge on any atom is 0.306 e. The summed E-state index contributed by atoms with van der Waals surface area (Å²) in [5.41, 5.74) is 0. The van der Waals surface area contributed by atoms with Gasteiger partial charge in [0.25, 0.3) is 0 Å². The van der Waals surface area contributed by atoms with Crippen molar-refractivity contribution in [1.82, 2.24) is 0 Å². The van der Waals surface area contributed by atoms with E-state index in [2.05, 4.69) is 106 Å². The third-order valence-corrected chi connectivity index (χ3v) is 12.6. The molecule has 0 saturated heterocycles. The quantitative estimate of drug-likeness (QED) is 0.0261. The van der Waals surface area contributed by atoms with Gasteiger partial charge in [-0.2, -0.15) is 0 Å². The van der Waals surface area contributed by atoms with Crippen LogP contribution in [0.5, 0.6) is 0 Å². The van der Waals surface area contributed by atoms with Crippen molar-refractivity contribution in [2.75, 3.05) is 13.2 Å². The molecule has 0 amide bonds. The highest BCUT2D eigenvalue weighted by atomic mass is 16.6. The first kappa shape index (κ1) is 66.6. The van der Waals surface area contributed by atoms with Gasteiger partial charge in [-0.05, 0) is 116 Å². The summed E-state index contributed by atoms with van der Waals surface area (Å²) in [5.74, 6) is -0.919. The first-order chi connectivity index (χ1) is 34.5. The Morgan fingerprint density at radius 1 is 0.300 bits per heavy atom. The Kier molecular flexibility index (Phi) is 55.3. The molecule has 6 nitrogen and oxygen atoms in total. The molecule has 0 aromatic heterocycles. The average molecular weight is 976 g/mol. The molecule has 0 aliphatic carbocycles. The number of carbonyl (C=O) groups excluding carboxylic acids is 3. The summed E-state index contributed by atoms with van der Waals surface area (Å²) in [4.78, 5) is 38.2. The van der Waals surface area contributed by atoms with E-state index in [-0.39, 0.29) is 31.1 Å². The van der Waals surface area contributed by atoms with Crippen LogP contribution in [0.25, 0.3) is 0 Å².